The molecule has 2 N–H and O–H groups in total. The minimum Gasteiger partial charge on any atom is -0.357 e. The van der Waals surface area contributed by atoms with Gasteiger partial charge in [0.1, 0.15) is 5.82 Å². The Morgan fingerprint density at radius 3 is 2.63 bits per heavy atom. The Labute approximate surface area is 115 Å². The van der Waals surface area contributed by atoms with Crippen LogP contribution >= 0.6 is 0 Å². The Morgan fingerprint density at radius 2 is 2.05 bits per heavy atom. The molecule has 0 bridgehead atoms. The molecule has 0 atom stereocenters. The summed E-state index contributed by atoms with van der Waals surface area (Å²) in [6.45, 7) is 9.76. The molecule has 106 valence electrons. The molecule has 0 aliphatic rings. The van der Waals surface area contributed by atoms with E-state index in [1.807, 2.05) is 13.0 Å². The molecule has 4 heteroatoms. The van der Waals surface area contributed by atoms with E-state index < -0.39 is 0 Å². The van der Waals surface area contributed by atoms with Crippen molar-refractivity contribution < 1.29 is 4.39 Å². The quantitative estimate of drug-likeness (QED) is 0.649. The Hall–Kier alpha value is -1.58. The zero-order valence-corrected chi connectivity index (χ0v) is 12.3. The number of benzene rings is 1. The Kier molecular flexibility index (Phi) is 5.80. The van der Waals surface area contributed by atoms with E-state index in [0.29, 0.717) is 6.54 Å². The van der Waals surface area contributed by atoms with Crippen LogP contribution in [0.1, 0.15) is 33.3 Å². The second kappa shape index (κ2) is 7.12. The van der Waals surface area contributed by atoms with E-state index in [9.17, 15) is 4.39 Å². The third-order valence-electron chi connectivity index (χ3n) is 2.40. The van der Waals surface area contributed by atoms with Gasteiger partial charge in [-0.15, -0.1) is 0 Å². The summed E-state index contributed by atoms with van der Waals surface area (Å²) < 4.78 is 13.0. The number of rotatable bonds is 4. The summed E-state index contributed by atoms with van der Waals surface area (Å²) in [4.78, 5) is 4.50. The van der Waals surface area contributed by atoms with Crippen LogP contribution in [0.3, 0.4) is 0 Å². The fourth-order valence-electron chi connectivity index (χ4n) is 1.65. The fourth-order valence-corrected chi connectivity index (χ4v) is 1.65. The molecule has 1 aromatic carbocycles. The molecule has 0 unspecified atom stereocenters. The number of hydrogen-bond donors (Lipinski definition) is 2. The van der Waals surface area contributed by atoms with Crippen LogP contribution < -0.4 is 10.6 Å². The van der Waals surface area contributed by atoms with E-state index >= 15 is 0 Å². The van der Waals surface area contributed by atoms with Gasteiger partial charge in [0.2, 0.25) is 0 Å². The van der Waals surface area contributed by atoms with Gasteiger partial charge < -0.3 is 10.6 Å². The number of halogens is 1. The maximum Gasteiger partial charge on any atom is 0.191 e. The van der Waals surface area contributed by atoms with Crippen LogP contribution in [0.2, 0.25) is 0 Å². The van der Waals surface area contributed by atoms with Gasteiger partial charge in [0.25, 0.3) is 0 Å². The predicted octanol–water partition coefficient (Wildman–Crippen LogP) is 2.72. The number of aliphatic imine (C=N–C) groups is 1. The first-order chi connectivity index (χ1) is 8.90. The first-order valence-corrected chi connectivity index (χ1v) is 6.71. The average Bonchev–Trinajstić information content (AvgIpc) is 2.27. The second-order valence-corrected chi connectivity index (χ2v) is 5.52. The lowest BCUT2D eigenvalue weighted by atomic mass is 10.1. The average molecular weight is 265 g/mol. The summed E-state index contributed by atoms with van der Waals surface area (Å²) in [5.41, 5.74) is 0.940. The molecule has 0 aliphatic heterocycles. The van der Waals surface area contributed by atoms with Gasteiger partial charge in [-0.2, -0.15) is 0 Å². The van der Waals surface area contributed by atoms with Crippen molar-refractivity contribution in [1.29, 1.82) is 0 Å². The highest BCUT2D eigenvalue weighted by Gasteiger charge is 2.11. The molecule has 0 amide bonds. The summed E-state index contributed by atoms with van der Waals surface area (Å²) in [5, 5.41) is 6.52. The first-order valence-electron chi connectivity index (χ1n) is 6.71. The zero-order chi connectivity index (χ0) is 14.3. The molecular weight excluding hydrogens is 241 g/mol. The Morgan fingerprint density at radius 1 is 1.32 bits per heavy atom. The van der Waals surface area contributed by atoms with Crippen LogP contribution in [0.4, 0.5) is 4.39 Å². The lowest BCUT2D eigenvalue weighted by Crippen LogP contribution is -2.47. The highest BCUT2D eigenvalue weighted by molar-refractivity contribution is 5.80. The standard InChI is InChI=1S/C15H24FN3/c1-5-17-14(19-15(2,3)4)18-10-9-12-7-6-8-13(16)11-12/h6-8,11H,5,9-10H2,1-4H3,(H2,17,18,19). The fraction of sp³-hybridized carbons (Fsp3) is 0.533. The first kappa shape index (κ1) is 15.5. The molecule has 3 nitrogen and oxygen atoms in total. The normalized spacial score (nSPS) is 12.4. The van der Waals surface area contributed by atoms with Gasteiger partial charge in [0, 0.05) is 18.6 Å². The van der Waals surface area contributed by atoms with Crippen LogP contribution in [0.5, 0.6) is 0 Å². The van der Waals surface area contributed by atoms with Gasteiger partial charge in [-0.25, -0.2) is 4.39 Å². The van der Waals surface area contributed by atoms with Crippen LogP contribution in [0.15, 0.2) is 29.3 Å². The molecule has 0 spiro atoms. The van der Waals surface area contributed by atoms with E-state index in [0.717, 1.165) is 24.5 Å². The van der Waals surface area contributed by atoms with Crippen molar-refractivity contribution in [2.24, 2.45) is 4.99 Å². The maximum atomic E-state index is 13.0. The molecule has 1 rings (SSSR count). The lowest BCUT2D eigenvalue weighted by molar-refractivity contribution is 0.501. The van der Waals surface area contributed by atoms with Gasteiger partial charge in [-0.3, -0.25) is 4.99 Å². The molecule has 0 heterocycles. The Bertz CT molecular complexity index is 422. The van der Waals surface area contributed by atoms with Crippen molar-refractivity contribution in [2.45, 2.75) is 39.7 Å². The third-order valence-corrected chi connectivity index (χ3v) is 2.40. The molecule has 1 aromatic rings. The van der Waals surface area contributed by atoms with Gasteiger partial charge >= 0.3 is 0 Å². The molecule has 0 saturated heterocycles. The van der Waals surface area contributed by atoms with Crippen molar-refractivity contribution in [1.82, 2.24) is 10.6 Å². The van der Waals surface area contributed by atoms with Crippen molar-refractivity contribution in [3.8, 4) is 0 Å². The van der Waals surface area contributed by atoms with E-state index in [1.54, 1.807) is 12.1 Å². The summed E-state index contributed by atoms with van der Waals surface area (Å²) in [6, 6.07) is 6.66. The van der Waals surface area contributed by atoms with E-state index in [4.69, 9.17) is 0 Å². The molecule has 0 fully saturated rings. The smallest absolute Gasteiger partial charge is 0.191 e. The minimum atomic E-state index is -0.193. The third kappa shape index (κ3) is 6.79. The highest BCUT2D eigenvalue weighted by atomic mass is 19.1. The van der Waals surface area contributed by atoms with Crippen molar-refractivity contribution in [2.75, 3.05) is 13.1 Å². The van der Waals surface area contributed by atoms with Crippen molar-refractivity contribution >= 4 is 5.96 Å². The molecule has 0 aliphatic carbocycles. The Balaban J connectivity index is 2.56. The van der Waals surface area contributed by atoms with E-state index in [2.05, 4.69) is 36.4 Å². The second-order valence-electron chi connectivity index (χ2n) is 5.52. The number of guanidine groups is 1. The van der Waals surface area contributed by atoms with E-state index in [1.165, 1.54) is 6.07 Å². The SMILES string of the molecule is CCNC(=NCCc1cccc(F)c1)NC(C)(C)C. The van der Waals surface area contributed by atoms with Gasteiger partial charge in [0.15, 0.2) is 5.96 Å². The minimum absolute atomic E-state index is 0.0279. The van der Waals surface area contributed by atoms with Gasteiger partial charge in [-0.1, -0.05) is 12.1 Å². The van der Waals surface area contributed by atoms with Crippen LogP contribution in [0.25, 0.3) is 0 Å². The van der Waals surface area contributed by atoms with Crippen LogP contribution in [0, 0.1) is 5.82 Å². The molecular formula is C15H24FN3. The molecule has 19 heavy (non-hydrogen) atoms. The number of nitrogens with one attached hydrogen (secondary N) is 2. The molecule has 0 saturated carbocycles. The molecule has 0 aromatic heterocycles. The summed E-state index contributed by atoms with van der Waals surface area (Å²) in [7, 11) is 0. The topological polar surface area (TPSA) is 36.4 Å². The zero-order valence-electron chi connectivity index (χ0n) is 12.3. The summed E-state index contributed by atoms with van der Waals surface area (Å²) in [6.07, 6.45) is 0.735. The summed E-state index contributed by atoms with van der Waals surface area (Å²) in [5.74, 6) is 0.604. The van der Waals surface area contributed by atoms with Crippen LogP contribution in [-0.4, -0.2) is 24.6 Å². The predicted molar refractivity (Wildman–Crippen MR) is 79.0 cm³/mol. The van der Waals surface area contributed by atoms with Crippen LogP contribution in [-0.2, 0) is 6.42 Å². The highest BCUT2D eigenvalue weighted by Crippen LogP contribution is 2.04. The largest absolute Gasteiger partial charge is 0.357 e. The van der Waals surface area contributed by atoms with Gasteiger partial charge in [-0.05, 0) is 51.8 Å². The van der Waals surface area contributed by atoms with Crippen molar-refractivity contribution in [3.05, 3.63) is 35.6 Å². The number of hydrogen-bond acceptors (Lipinski definition) is 1. The van der Waals surface area contributed by atoms with Gasteiger partial charge in [0.05, 0.1) is 0 Å². The van der Waals surface area contributed by atoms with Crippen molar-refractivity contribution in [3.63, 3.8) is 0 Å². The monoisotopic (exact) mass is 265 g/mol. The number of nitrogens with zero attached hydrogens (tertiary/aromatic N) is 1. The maximum absolute atomic E-state index is 13.0. The molecule has 0 radical (unpaired) electrons. The summed E-state index contributed by atoms with van der Waals surface area (Å²) >= 11 is 0. The van der Waals surface area contributed by atoms with E-state index in [-0.39, 0.29) is 11.4 Å². The lowest BCUT2D eigenvalue weighted by Gasteiger charge is -2.23.